The average molecular weight is 304 g/mol. The highest BCUT2D eigenvalue weighted by Gasteiger charge is 2.44. The van der Waals surface area contributed by atoms with Crippen LogP contribution in [0.3, 0.4) is 0 Å². The molecule has 2 rings (SSSR count). The number of hydrogen-bond donors (Lipinski definition) is 1. The molecule has 0 unspecified atom stereocenters. The zero-order valence-electron chi connectivity index (χ0n) is 13.5. The van der Waals surface area contributed by atoms with Gasteiger partial charge in [0.1, 0.15) is 0 Å². The Morgan fingerprint density at radius 2 is 1.77 bits per heavy atom. The van der Waals surface area contributed by atoms with Gasteiger partial charge < -0.3 is 15.0 Å². The normalized spacial score (nSPS) is 17.2. The van der Waals surface area contributed by atoms with Crippen molar-refractivity contribution in [3.05, 3.63) is 35.9 Å². The van der Waals surface area contributed by atoms with Gasteiger partial charge in [0.05, 0.1) is 12.5 Å². The average Bonchev–Trinajstić information content (AvgIpc) is 2.54. The standard InChI is InChI=1S/C17H24N2O3/c1-13(2)18-16(21)19-11-9-17(10-12-19,15(20)22-3)14-7-5-4-6-8-14/h4-8,13H,9-12H2,1-3H3,(H,18,21). The predicted molar refractivity (Wildman–Crippen MR) is 84.6 cm³/mol. The van der Waals surface area contributed by atoms with Crippen molar-refractivity contribution in [2.75, 3.05) is 20.2 Å². The van der Waals surface area contributed by atoms with Crippen molar-refractivity contribution >= 4 is 12.0 Å². The van der Waals surface area contributed by atoms with Crippen LogP contribution in [0.4, 0.5) is 4.79 Å². The number of ether oxygens (including phenoxy) is 1. The smallest absolute Gasteiger partial charge is 0.317 e. The second-order valence-corrected chi connectivity index (χ2v) is 6.03. The van der Waals surface area contributed by atoms with Crippen molar-refractivity contribution in [2.24, 2.45) is 0 Å². The molecule has 5 nitrogen and oxygen atoms in total. The summed E-state index contributed by atoms with van der Waals surface area (Å²) in [4.78, 5) is 26.3. The maximum absolute atomic E-state index is 12.4. The monoisotopic (exact) mass is 304 g/mol. The van der Waals surface area contributed by atoms with Gasteiger partial charge in [0.25, 0.3) is 0 Å². The third-order valence-electron chi connectivity index (χ3n) is 4.22. The van der Waals surface area contributed by atoms with Crippen LogP contribution in [0.25, 0.3) is 0 Å². The molecule has 1 N–H and O–H groups in total. The molecule has 0 aromatic heterocycles. The van der Waals surface area contributed by atoms with E-state index in [1.54, 1.807) is 4.90 Å². The van der Waals surface area contributed by atoms with Crippen LogP contribution < -0.4 is 5.32 Å². The van der Waals surface area contributed by atoms with Crippen LogP contribution >= 0.6 is 0 Å². The topological polar surface area (TPSA) is 58.6 Å². The van der Waals surface area contributed by atoms with Crippen LogP contribution in [0.15, 0.2) is 30.3 Å². The number of urea groups is 1. The van der Waals surface area contributed by atoms with Crippen molar-refractivity contribution in [1.82, 2.24) is 10.2 Å². The third-order valence-corrected chi connectivity index (χ3v) is 4.22. The molecule has 1 aromatic carbocycles. The van der Waals surface area contributed by atoms with Crippen molar-refractivity contribution in [3.8, 4) is 0 Å². The first-order valence-electron chi connectivity index (χ1n) is 7.69. The summed E-state index contributed by atoms with van der Waals surface area (Å²) in [6, 6.07) is 9.74. The van der Waals surface area contributed by atoms with E-state index in [0.29, 0.717) is 25.9 Å². The number of carbonyl (C=O) groups is 2. The number of rotatable bonds is 3. The fourth-order valence-corrected chi connectivity index (χ4v) is 2.99. The minimum absolute atomic E-state index is 0.0680. The Balaban J connectivity index is 2.16. The molecule has 5 heteroatoms. The number of esters is 1. The van der Waals surface area contributed by atoms with Crippen LogP contribution in [-0.2, 0) is 14.9 Å². The summed E-state index contributed by atoms with van der Waals surface area (Å²) in [7, 11) is 1.42. The number of amides is 2. The van der Waals surface area contributed by atoms with Gasteiger partial charge in [-0.15, -0.1) is 0 Å². The Labute approximate surface area is 131 Å². The Bertz CT molecular complexity index is 520. The molecule has 1 heterocycles. The van der Waals surface area contributed by atoms with Crippen molar-refractivity contribution < 1.29 is 14.3 Å². The maximum Gasteiger partial charge on any atom is 0.317 e. The molecule has 1 aliphatic heterocycles. The summed E-state index contributed by atoms with van der Waals surface area (Å²) < 4.78 is 5.05. The van der Waals surface area contributed by atoms with Crippen LogP contribution in [0, 0.1) is 0 Å². The molecule has 0 spiro atoms. The lowest BCUT2D eigenvalue weighted by molar-refractivity contribution is -0.149. The molecular weight excluding hydrogens is 280 g/mol. The quantitative estimate of drug-likeness (QED) is 0.872. The molecule has 0 atom stereocenters. The Morgan fingerprint density at radius 3 is 2.27 bits per heavy atom. The highest BCUT2D eigenvalue weighted by Crippen LogP contribution is 2.36. The number of likely N-dealkylation sites (tertiary alicyclic amines) is 1. The summed E-state index contributed by atoms with van der Waals surface area (Å²) in [6.07, 6.45) is 1.16. The first kappa shape index (κ1) is 16.3. The van der Waals surface area contributed by atoms with E-state index < -0.39 is 5.41 Å². The Kier molecular flexibility index (Phi) is 5.06. The van der Waals surface area contributed by atoms with Gasteiger partial charge in [-0.05, 0) is 32.3 Å². The van der Waals surface area contributed by atoms with Crippen LogP contribution in [-0.4, -0.2) is 43.1 Å². The minimum atomic E-state index is -0.648. The molecule has 2 amide bonds. The summed E-state index contributed by atoms with van der Waals surface area (Å²) in [6.45, 7) is 4.96. The summed E-state index contributed by atoms with van der Waals surface area (Å²) >= 11 is 0. The van der Waals surface area contributed by atoms with Crippen molar-refractivity contribution in [3.63, 3.8) is 0 Å². The number of benzene rings is 1. The second-order valence-electron chi connectivity index (χ2n) is 6.03. The zero-order valence-corrected chi connectivity index (χ0v) is 13.5. The van der Waals surface area contributed by atoms with Crippen LogP contribution in [0.2, 0.25) is 0 Å². The number of hydrogen-bond acceptors (Lipinski definition) is 3. The first-order valence-corrected chi connectivity index (χ1v) is 7.69. The molecule has 22 heavy (non-hydrogen) atoms. The number of nitrogens with zero attached hydrogens (tertiary/aromatic N) is 1. The van der Waals surface area contributed by atoms with E-state index in [-0.39, 0.29) is 18.0 Å². The van der Waals surface area contributed by atoms with E-state index >= 15 is 0 Å². The molecule has 0 bridgehead atoms. The van der Waals surface area contributed by atoms with E-state index in [0.717, 1.165) is 5.56 Å². The van der Waals surface area contributed by atoms with E-state index in [2.05, 4.69) is 5.32 Å². The fourth-order valence-electron chi connectivity index (χ4n) is 2.99. The van der Waals surface area contributed by atoms with E-state index in [9.17, 15) is 9.59 Å². The molecule has 1 fully saturated rings. The summed E-state index contributed by atoms with van der Waals surface area (Å²) in [5.74, 6) is -0.220. The molecule has 0 aliphatic carbocycles. The summed E-state index contributed by atoms with van der Waals surface area (Å²) in [5.41, 5.74) is 0.315. The van der Waals surface area contributed by atoms with E-state index in [1.807, 2.05) is 44.2 Å². The molecular formula is C17H24N2O3. The third kappa shape index (κ3) is 3.24. The lowest BCUT2D eigenvalue weighted by Crippen LogP contribution is -2.52. The van der Waals surface area contributed by atoms with Crippen molar-refractivity contribution in [1.29, 1.82) is 0 Å². The van der Waals surface area contributed by atoms with Gasteiger partial charge in [0, 0.05) is 19.1 Å². The molecule has 0 saturated carbocycles. The van der Waals surface area contributed by atoms with Crippen LogP contribution in [0.1, 0.15) is 32.3 Å². The second kappa shape index (κ2) is 6.81. The van der Waals surface area contributed by atoms with E-state index in [1.165, 1.54) is 7.11 Å². The Hall–Kier alpha value is -2.04. The van der Waals surface area contributed by atoms with Crippen molar-refractivity contribution in [2.45, 2.75) is 38.1 Å². The zero-order chi connectivity index (χ0) is 16.2. The lowest BCUT2D eigenvalue weighted by Gasteiger charge is -2.40. The molecule has 120 valence electrons. The molecule has 0 radical (unpaired) electrons. The van der Waals surface area contributed by atoms with Gasteiger partial charge in [-0.1, -0.05) is 30.3 Å². The van der Waals surface area contributed by atoms with Gasteiger partial charge in [0.15, 0.2) is 0 Å². The maximum atomic E-state index is 12.4. The molecule has 1 saturated heterocycles. The lowest BCUT2D eigenvalue weighted by atomic mass is 9.73. The van der Waals surface area contributed by atoms with Gasteiger partial charge in [-0.3, -0.25) is 4.79 Å². The summed E-state index contributed by atoms with van der Waals surface area (Å²) in [5, 5.41) is 2.89. The van der Waals surface area contributed by atoms with Crippen LogP contribution in [0.5, 0.6) is 0 Å². The van der Waals surface area contributed by atoms with Gasteiger partial charge in [-0.2, -0.15) is 0 Å². The predicted octanol–water partition coefficient (Wildman–Crippen LogP) is 2.31. The largest absolute Gasteiger partial charge is 0.468 e. The Morgan fingerprint density at radius 1 is 1.18 bits per heavy atom. The number of methoxy groups -OCH3 is 1. The minimum Gasteiger partial charge on any atom is -0.468 e. The molecule has 1 aliphatic rings. The van der Waals surface area contributed by atoms with Gasteiger partial charge in [-0.25, -0.2) is 4.79 Å². The molecule has 1 aromatic rings. The fraction of sp³-hybridized carbons (Fsp3) is 0.529. The van der Waals surface area contributed by atoms with Gasteiger partial charge in [0.2, 0.25) is 0 Å². The SMILES string of the molecule is COC(=O)C1(c2ccccc2)CCN(C(=O)NC(C)C)CC1. The number of carbonyl (C=O) groups excluding carboxylic acids is 2. The number of piperidine rings is 1. The first-order chi connectivity index (χ1) is 10.5. The highest BCUT2D eigenvalue weighted by atomic mass is 16.5. The van der Waals surface area contributed by atoms with Gasteiger partial charge >= 0.3 is 12.0 Å². The van der Waals surface area contributed by atoms with E-state index in [4.69, 9.17) is 4.74 Å². The highest BCUT2D eigenvalue weighted by molar-refractivity contribution is 5.84. The number of nitrogens with one attached hydrogen (secondary N) is 1.